The Labute approximate surface area is 75.5 Å². The van der Waals surface area contributed by atoms with Crippen LogP contribution in [-0.2, 0) is 4.79 Å². The molecule has 0 aromatic heterocycles. The summed E-state index contributed by atoms with van der Waals surface area (Å²) in [5.74, 6) is 0.0490. The Morgan fingerprint density at radius 2 is 1.85 bits per heavy atom. The van der Waals surface area contributed by atoms with Crippen LogP contribution in [0.3, 0.4) is 0 Å². The quantitative estimate of drug-likeness (QED) is 0.430. The van der Waals surface area contributed by atoms with Gasteiger partial charge < -0.3 is 16.2 Å². The highest BCUT2D eigenvalue weighted by Gasteiger charge is 2.31. The van der Waals surface area contributed by atoms with Crippen molar-refractivity contribution in [2.24, 2.45) is 11.5 Å². The number of carbonyl (C=O) groups excluding carboxylic acids is 1. The lowest BCUT2D eigenvalue weighted by Crippen LogP contribution is -2.46. The summed E-state index contributed by atoms with van der Waals surface area (Å²) < 4.78 is 4.97. The van der Waals surface area contributed by atoms with Gasteiger partial charge in [0, 0.05) is 5.56 Å². The number of fused-ring (bicyclic) bond motifs is 1. The van der Waals surface area contributed by atoms with E-state index in [0.717, 1.165) is 5.56 Å². The molecule has 4 nitrogen and oxygen atoms in total. The van der Waals surface area contributed by atoms with Gasteiger partial charge in [0.1, 0.15) is 11.8 Å². The number of carbonyl (C=O) groups is 1. The molecule has 0 radical (unpaired) electrons. The minimum absolute atomic E-state index is 0.461. The molecule has 4 N–H and O–H groups in total. The first-order chi connectivity index (χ1) is 6.20. The third-order valence-corrected chi connectivity index (χ3v) is 2.15. The summed E-state index contributed by atoms with van der Waals surface area (Å²) in [4.78, 5) is 11.1. The Morgan fingerprint density at radius 1 is 1.15 bits per heavy atom. The molecule has 1 aliphatic heterocycles. The molecule has 1 heterocycles. The van der Waals surface area contributed by atoms with Gasteiger partial charge in [0.25, 0.3) is 0 Å². The van der Waals surface area contributed by atoms with Crippen molar-refractivity contribution in [3.8, 4) is 5.75 Å². The lowest BCUT2D eigenvalue weighted by molar-refractivity contribution is -0.137. The van der Waals surface area contributed by atoms with E-state index in [1.54, 1.807) is 12.1 Å². The van der Waals surface area contributed by atoms with Crippen LogP contribution in [0.15, 0.2) is 24.3 Å². The fourth-order valence-electron chi connectivity index (χ4n) is 1.37. The molecule has 4 heteroatoms. The number of para-hydroxylation sites is 1. The predicted octanol–water partition coefficient (Wildman–Crippen LogP) is -0.0673. The topological polar surface area (TPSA) is 78.3 Å². The van der Waals surface area contributed by atoms with E-state index in [9.17, 15) is 4.79 Å². The van der Waals surface area contributed by atoms with Gasteiger partial charge in [-0.05, 0) is 6.07 Å². The number of hydrogen-bond donors (Lipinski definition) is 2. The fraction of sp³-hybridized carbons (Fsp3) is 0.222. The number of rotatable bonds is 0. The molecule has 0 saturated carbocycles. The van der Waals surface area contributed by atoms with Crippen LogP contribution in [0.2, 0.25) is 0 Å². The zero-order chi connectivity index (χ0) is 9.42. The summed E-state index contributed by atoms with van der Waals surface area (Å²) in [6, 6.07) is 5.93. The molecule has 0 aliphatic carbocycles. The largest absolute Gasteiger partial charge is 0.425 e. The summed E-state index contributed by atoms with van der Waals surface area (Å²) in [7, 11) is 0. The monoisotopic (exact) mass is 178 g/mol. The van der Waals surface area contributed by atoms with Crippen molar-refractivity contribution in [3.05, 3.63) is 29.8 Å². The Kier molecular flexibility index (Phi) is 1.79. The van der Waals surface area contributed by atoms with Crippen molar-refractivity contribution in [1.82, 2.24) is 0 Å². The molecule has 0 bridgehead atoms. The predicted molar refractivity (Wildman–Crippen MR) is 47.0 cm³/mol. The molecule has 1 aromatic carbocycles. The number of benzene rings is 1. The third-order valence-electron chi connectivity index (χ3n) is 2.15. The lowest BCUT2D eigenvalue weighted by Gasteiger charge is -2.26. The van der Waals surface area contributed by atoms with Crippen molar-refractivity contribution in [2.45, 2.75) is 12.1 Å². The Balaban J connectivity index is 2.49. The second-order valence-electron chi connectivity index (χ2n) is 3.01. The molecule has 1 aliphatic rings. The maximum atomic E-state index is 11.1. The van der Waals surface area contributed by atoms with Crippen LogP contribution in [0.25, 0.3) is 0 Å². The average Bonchev–Trinajstić information content (AvgIpc) is 2.15. The molecule has 68 valence electrons. The van der Waals surface area contributed by atoms with E-state index in [1.807, 2.05) is 12.1 Å². The van der Waals surface area contributed by atoms with E-state index < -0.39 is 18.1 Å². The maximum Gasteiger partial charge on any atom is 0.330 e. The van der Waals surface area contributed by atoms with Crippen molar-refractivity contribution in [2.75, 3.05) is 0 Å². The van der Waals surface area contributed by atoms with Crippen LogP contribution in [0.1, 0.15) is 11.6 Å². The van der Waals surface area contributed by atoms with Gasteiger partial charge in [-0.3, -0.25) is 0 Å². The van der Waals surface area contributed by atoms with Crippen LogP contribution in [0.4, 0.5) is 0 Å². The molecule has 2 unspecified atom stereocenters. The van der Waals surface area contributed by atoms with Gasteiger partial charge in [-0.2, -0.15) is 0 Å². The average molecular weight is 178 g/mol. The maximum absolute atomic E-state index is 11.1. The molecule has 13 heavy (non-hydrogen) atoms. The molecule has 0 amide bonds. The molecule has 0 saturated heterocycles. The van der Waals surface area contributed by atoms with E-state index in [-0.39, 0.29) is 0 Å². The lowest BCUT2D eigenvalue weighted by atomic mass is 9.97. The van der Waals surface area contributed by atoms with Crippen LogP contribution in [-0.4, -0.2) is 12.0 Å². The number of hydrogen-bond acceptors (Lipinski definition) is 4. The third kappa shape index (κ3) is 1.20. The standard InChI is InChI=1S/C9H10N2O2/c10-7-5-3-1-2-4-6(5)13-9(12)8(7)11/h1-4,7-8H,10-11H2. The van der Waals surface area contributed by atoms with Crippen molar-refractivity contribution < 1.29 is 9.53 Å². The van der Waals surface area contributed by atoms with Crippen molar-refractivity contribution in [3.63, 3.8) is 0 Å². The number of esters is 1. The summed E-state index contributed by atoms with van der Waals surface area (Å²) in [5.41, 5.74) is 12.1. The summed E-state index contributed by atoms with van der Waals surface area (Å²) in [6.45, 7) is 0. The fourth-order valence-corrected chi connectivity index (χ4v) is 1.37. The molecule has 2 rings (SSSR count). The van der Waals surface area contributed by atoms with Crippen LogP contribution in [0, 0.1) is 0 Å². The van der Waals surface area contributed by atoms with Gasteiger partial charge in [-0.15, -0.1) is 0 Å². The highest BCUT2D eigenvalue weighted by molar-refractivity contribution is 5.81. The first kappa shape index (κ1) is 8.22. The van der Waals surface area contributed by atoms with Gasteiger partial charge in [0.05, 0.1) is 6.04 Å². The normalized spacial score (nSPS) is 26.5. The van der Waals surface area contributed by atoms with E-state index >= 15 is 0 Å². The van der Waals surface area contributed by atoms with E-state index in [4.69, 9.17) is 16.2 Å². The second-order valence-corrected chi connectivity index (χ2v) is 3.01. The SMILES string of the molecule is NC1C(=O)Oc2ccccc2C1N. The first-order valence-electron chi connectivity index (χ1n) is 4.02. The second kappa shape index (κ2) is 2.83. The summed E-state index contributed by atoms with van der Waals surface area (Å²) in [6.07, 6.45) is 0. The molecule has 0 fully saturated rings. The summed E-state index contributed by atoms with van der Waals surface area (Å²) >= 11 is 0. The van der Waals surface area contributed by atoms with Gasteiger partial charge >= 0.3 is 5.97 Å². The molecule has 2 atom stereocenters. The van der Waals surface area contributed by atoms with Gasteiger partial charge in [-0.25, -0.2) is 4.79 Å². The highest BCUT2D eigenvalue weighted by Crippen LogP contribution is 2.29. The van der Waals surface area contributed by atoms with Gasteiger partial charge in [0.2, 0.25) is 0 Å². The Hall–Kier alpha value is -1.39. The van der Waals surface area contributed by atoms with E-state index in [1.165, 1.54) is 0 Å². The van der Waals surface area contributed by atoms with Crippen molar-refractivity contribution in [1.29, 1.82) is 0 Å². The van der Waals surface area contributed by atoms with Crippen molar-refractivity contribution >= 4 is 5.97 Å². The Bertz CT molecular complexity index is 351. The first-order valence-corrected chi connectivity index (χ1v) is 4.02. The van der Waals surface area contributed by atoms with Crippen LogP contribution >= 0.6 is 0 Å². The number of ether oxygens (including phenoxy) is 1. The molecule has 1 aromatic rings. The summed E-state index contributed by atoms with van der Waals surface area (Å²) in [5, 5.41) is 0. The number of nitrogens with two attached hydrogens (primary N) is 2. The van der Waals surface area contributed by atoms with Gasteiger partial charge in [0.15, 0.2) is 0 Å². The molecule has 0 spiro atoms. The van der Waals surface area contributed by atoms with E-state index in [0.29, 0.717) is 5.75 Å². The zero-order valence-electron chi connectivity index (χ0n) is 6.94. The van der Waals surface area contributed by atoms with E-state index in [2.05, 4.69) is 0 Å². The molecular weight excluding hydrogens is 168 g/mol. The smallest absolute Gasteiger partial charge is 0.330 e. The van der Waals surface area contributed by atoms with Crippen LogP contribution < -0.4 is 16.2 Å². The highest BCUT2D eigenvalue weighted by atomic mass is 16.5. The van der Waals surface area contributed by atoms with Crippen LogP contribution in [0.5, 0.6) is 5.75 Å². The molecular formula is C9H10N2O2. The van der Waals surface area contributed by atoms with Gasteiger partial charge in [-0.1, -0.05) is 18.2 Å². The minimum Gasteiger partial charge on any atom is -0.425 e. The zero-order valence-corrected chi connectivity index (χ0v) is 6.94. The minimum atomic E-state index is -0.755. The Morgan fingerprint density at radius 3 is 2.62 bits per heavy atom.